The number of carbonyl (C=O) groups is 1. The summed E-state index contributed by atoms with van der Waals surface area (Å²) in [6, 6.07) is 3.30. The minimum absolute atomic E-state index is 0.0125. The van der Waals surface area contributed by atoms with Crippen molar-refractivity contribution in [2.75, 3.05) is 12.8 Å². The summed E-state index contributed by atoms with van der Waals surface area (Å²) in [5.41, 5.74) is 3.60. The van der Waals surface area contributed by atoms with Crippen LogP contribution in [0.5, 0.6) is 5.75 Å². The Morgan fingerprint density at radius 3 is 2.62 bits per heavy atom. The highest BCUT2D eigenvalue weighted by Gasteiger charge is 2.21. The fourth-order valence-electron chi connectivity index (χ4n) is 1.74. The SMILES string of the molecule is COc1c(Cl)ccc(-c2nc(C(=O)O)cc(N)c2F)c1F. The third-order valence-corrected chi connectivity index (χ3v) is 3.01. The van der Waals surface area contributed by atoms with E-state index in [0.29, 0.717) is 0 Å². The Bertz CT molecular complexity index is 738. The number of benzene rings is 1. The van der Waals surface area contributed by atoms with Crippen LogP contribution >= 0.6 is 11.6 Å². The summed E-state index contributed by atoms with van der Waals surface area (Å²) < 4.78 is 33.1. The Morgan fingerprint density at radius 1 is 1.38 bits per heavy atom. The Hall–Kier alpha value is -2.41. The number of nitrogen functional groups attached to an aromatic ring is 1. The second-order valence-corrected chi connectivity index (χ2v) is 4.41. The van der Waals surface area contributed by atoms with Crippen molar-refractivity contribution < 1.29 is 23.4 Å². The molecule has 0 saturated carbocycles. The molecule has 2 aromatic rings. The molecule has 0 spiro atoms. The van der Waals surface area contributed by atoms with Gasteiger partial charge in [0, 0.05) is 5.56 Å². The number of halogens is 3. The quantitative estimate of drug-likeness (QED) is 0.909. The van der Waals surface area contributed by atoms with Gasteiger partial charge in [0.2, 0.25) is 0 Å². The molecule has 1 heterocycles. The molecular formula is C13H9ClF2N2O3. The Morgan fingerprint density at radius 2 is 2.05 bits per heavy atom. The van der Waals surface area contributed by atoms with Crippen LogP contribution in [-0.2, 0) is 0 Å². The van der Waals surface area contributed by atoms with Crippen molar-refractivity contribution in [2.45, 2.75) is 0 Å². The van der Waals surface area contributed by atoms with E-state index >= 15 is 0 Å². The van der Waals surface area contributed by atoms with Crippen LogP contribution in [0.3, 0.4) is 0 Å². The summed E-state index contributed by atoms with van der Waals surface area (Å²) in [7, 11) is 1.19. The van der Waals surface area contributed by atoms with E-state index < -0.39 is 34.7 Å². The number of nitrogens with zero attached hydrogens (tertiary/aromatic N) is 1. The van der Waals surface area contributed by atoms with Gasteiger partial charge in [-0.05, 0) is 18.2 Å². The molecule has 110 valence electrons. The highest BCUT2D eigenvalue weighted by Crippen LogP contribution is 2.36. The lowest BCUT2D eigenvalue weighted by atomic mass is 10.1. The molecule has 1 aromatic carbocycles. The number of hydrogen-bond acceptors (Lipinski definition) is 4. The van der Waals surface area contributed by atoms with Crippen LogP contribution in [0, 0.1) is 11.6 Å². The lowest BCUT2D eigenvalue weighted by molar-refractivity contribution is 0.0690. The molecule has 0 atom stereocenters. The van der Waals surface area contributed by atoms with Crippen molar-refractivity contribution in [3.8, 4) is 17.0 Å². The minimum Gasteiger partial charge on any atom is -0.492 e. The summed E-state index contributed by atoms with van der Waals surface area (Å²) in [6.07, 6.45) is 0. The van der Waals surface area contributed by atoms with E-state index in [9.17, 15) is 13.6 Å². The van der Waals surface area contributed by atoms with Crippen LogP contribution in [0.25, 0.3) is 11.3 Å². The second kappa shape index (κ2) is 5.53. The fourth-order valence-corrected chi connectivity index (χ4v) is 1.96. The van der Waals surface area contributed by atoms with Crippen molar-refractivity contribution >= 4 is 23.3 Å². The lowest BCUT2D eigenvalue weighted by Crippen LogP contribution is -2.07. The summed E-state index contributed by atoms with van der Waals surface area (Å²) in [6.45, 7) is 0. The zero-order valence-corrected chi connectivity index (χ0v) is 11.4. The molecule has 0 unspecified atom stereocenters. The van der Waals surface area contributed by atoms with Gasteiger partial charge < -0.3 is 15.6 Å². The topological polar surface area (TPSA) is 85.4 Å². The van der Waals surface area contributed by atoms with Gasteiger partial charge in [-0.25, -0.2) is 18.6 Å². The Balaban J connectivity index is 2.75. The van der Waals surface area contributed by atoms with Gasteiger partial charge in [0.25, 0.3) is 0 Å². The highest BCUT2D eigenvalue weighted by atomic mass is 35.5. The standard InChI is InChI=1S/C13H9ClF2N2O3/c1-21-12-6(14)3-2-5(9(12)15)11-10(16)7(17)4-8(18-11)13(19)20/h2-4H,1H3,(H2,17,18)(H,19,20). The molecule has 2 rings (SSSR count). The number of methoxy groups -OCH3 is 1. The number of aromatic carboxylic acids is 1. The maximum absolute atomic E-state index is 14.3. The average Bonchev–Trinajstić information content (AvgIpc) is 2.43. The molecule has 21 heavy (non-hydrogen) atoms. The monoisotopic (exact) mass is 314 g/mol. The predicted molar refractivity (Wildman–Crippen MR) is 72.5 cm³/mol. The first-order valence-corrected chi connectivity index (χ1v) is 5.96. The van der Waals surface area contributed by atoms with Crippen molar-refractivity contribution in [3.05, 3.63) is 40.6 Å². The molecule has 0 aliphatic rings. The second-order valence-electron chi connectivity index (χ2n) is 4.01. The van der Waals surface area contributed by atoms with Gasteiger partial charge >= 0.3 is 5.97 Å². The number of rotatable bonds is 3. The zero-order chi connectivity index (χ0) is 15.7. The van der Waals surface area contributed by atoms with E-state index in [1.165, 1.54) is 13.2 Å². The maximum atomic E-state index is 14.3. The summed E-state index contributed by atoms with van der Waals surface area (Å²) >= 11 is 5.74. The van der Waals surface area contributed by atoms with Gasteiger partial charge in [-0.3, -0.25) is 0 Å². The molecule has 1 aromatic heterocycles. The normalized spacial score (nSPS) is 10.5. The maximum Gasteiger partial charge on any atom is 0.354 e. The molecule has 0 aliphatic heterocycles. The van der Waals surface area contributed by atoms with Crippen molar-refractivity contribution in [1.29, 1.82) is 0 Å². The third kappa shape index (κ3) is 2.59. The van der Waals surface area contributed by atoms with Crippen LogP contribution in [0.1, 0.15) is 10.5 Å². The molecule has 0 fully saturated rings. The number of pyridine rings is 1. The Labute approximate surface area is 122 Å². The number of carboxylic acids is 1. The number of ether oxygens (including phenoxy) is 1. The summed E-state index contributed by atoms with van der Waals surface area (Å²) in [5.74, 6) is -3.69. The summed E-state index contributed by atoms with van der Waals surface area (Å²) in [4.78, 5) is 14.5. The molecule has 0 radical (unpaired) electrons. The zero-order valence-electron chi connectivity index (χ0n) is 10.7. The van der Waals surface area contributed by atoms with E-state index in [-0.39, 0.29) is 16.3 Å². The first-order valence-electron chi connectivity index (χ1n) is 5.58. The van der Waals surface area contributed by atoms with Crippen molar-refractivity contribution in [2.24, 2.45) is 0 Å². The number of carboxylic acid groups (broad SMARTS) is 1. The Kier molecular flexibility index (Phi) is 3.95. The van der Waals surface area contributed by atoms with Crippen LogP contribution in [0.15, 0.2) is 18.2 Å². The largest absolute Gasteiger partial charge is 0.492 e. The molecule has 0 saturated heterocycles. The van der Waals surface area contributed by atoms with Crippen LogP contribution in [0.4, 0.5) is 14.5 Å². The molecule has 0 aliphatic carbocycles. The van der Waals surface area contributed by atoms with Crippen molar-refractivity contribution in [3.63, 3.8) is 0 Å². The molecule has 3 N–H and O–H groups in total. The molecule has 0 amide bonds. The fraction of sp³-hybridized carbons (Fsp3) is 0.0769. The smallest absolute Gasteiger partial charge is 0.354 e. The van der Waals surface area contributed by atoms with Crippen molar-refractivity contribution in [1.82, 2.24) is 4.98 Å². The first-order chi connectivity index (χ1) is 9.86. The summed E-state index contributed by atoms with van der Waals surface area (Å²) in [5, 5.41) is 8.89. The van der Waals surface area contributed by atoms with Gasteiger partial charge in [-0.15, -0.1) is 0 Å². The van der Waals surface area contributed by atoms with E-state index in [1.54, 1.807) is 0 Å². The molecule has 8 heteroatoms. The van der Waals surface area contributed by atoms with Crippen LogP contribution in [-0.4, -0.2) is 23.2 Å². The van der Waals surface area contributed by atoms with Gasteiger partial charge in [-0.1, -0.05) is 11.6 Å². The molecule has 5 nitrogen and oxygen atoms in total. The third-order valence-electron chi connectivity index (χ3n) is 2.71. The van der Waals surface area contributed by atoms with E-state index in [1.807, 2.05) is 0 Å². The van der Waals surface area contributed by atoms with Crippen LogP contribution < -0.4 is 10.5 Å². The average molecular weight is 315 g/mol. The van der Waals surface area contributed by atoms with Gasteiger partial charge in [0.05, 0.1) is 17.8 Å². The highest BCUT2D eigenvalue weighted by molar-refractivity contribution is 6.32. The number of anilines is 1. The van der Waals surface area contributed by atoms with E-state index in [2.05, 4.69) is 4.98 Å². The lowest BCUT2D eigenvalue weighted by Gasteiger charge is -2.11. The number of hydrogen-bond donors (Lipinski definition) is 2. The van der Waals surface area contributed by atoms with Gasteiger partial charge in [0.15, 0.2) is 23.1 Å². The number of nitrogens with two attached hydrogens (primary N) is 1. The molecular weight excluding hydrogens is 306 g/mol. The predicted octanol–water partition coefficient (Wildman–Crippen LogP) is 2.97. The van der Waals surface area contributed by atoms with E-state index in [4.69, 9.17) is 27.2 Å². The van der Waals surface area contributed by atoms with Crippen LogP contribution in [0.2, 0.25) is 5.02 Å². The molecule has 0 bridgehead atoms. The first kappa shape index (κ1) is 15.0. The number of aromatic nitrogens is 1. The van der Waals surface area contributed by atoms with Gasteiger partial charge in [-0.2, -0.15) is 0 Å². The van der Waals surface area contributed by atoms with Gasteiger partial charge in [0.1, 0.15) is 5.69 Å². The van der Waals surface area contributed by atoms with E-state index in [0.717, 1.165) is 12.1 Å². The minimum atomic E-state index is -1.41.